The van der Waals surface area contributed by atoms with Crippen LogP contribution in [0.3, 0.4) is 0 Å². The van der Waals surface area contributed by atoms with Crippen molar-refractivity contribution in [2.24, 2.45) is 0 Å². The number of hydrogen-bond acceptors (Lipinski definition) is 4. The van der Waals surface area contributed by atoms with Gasteiger partial charge in [0.15, 0.2) is 0 Å². The van der Waals surface area contributed by atoms with E-state index in [-0.39, 0.29) is 32.1 Å². The molecule has 1 heterocycles. The van der Waals surface area contributed by atoms with E-state index >= 15 is 0 Å². The summed E-state index contributed by atoms with van der Waals surface area (Å²) >= 11 is 11.8. The zero-order valence-electron chi connectivity index (χ0n) is 13.1. The monoisotopic (exact) mass is 400 g/mol. The van der Waals surface area contributed by atoms with Gasteiger partial charge in [-0.3, -0.25) is 9.52 Å². The lowest BCUT2D eigenvalue weighted by Gasteiger charge is -2.14. The molecule has 0 saturated heterocycles. The van der Waals surface area contributed by atoms with Crippen LogP contribution < -0.4 is 9.46 Å². The fourth-order valence-corrected chi connectivity index (χ4v) is 4.19. The third-order valence-electron chi connectivity index (χ3n) is 3.68. The third kappa shape index (κ3) is 3.68. The number of ether oxygens (including phenoxy) is 1. The van der Waals surface area contributed by atoms with Gasteiger partial charge in [0.25, 0.3) is 15.9 Å². The maximum Gasteiger partial charge on any atom is 0.263 e. The van der Waals surface area contributed by atoms with Crippen LogP contribution in [0.2, 0.25) is 10.0 Å². The Bertz CT molecular complexity index is 947. The Morgan fingerprint density at radius 1 is 1.16 bits per heavy atom. The van der Waals surface area contributed by atoms with Gasteiger partial charge in [0.2, 0.25) is 0 Å². The van der Waals surface area contributed by atoms with Gasteiger partial charge in [-0.05, 0) is 36.4 Å². The molecule has 25 heavy (non-hydrogen) atoms. The largest absolute Gasteiger partial charge is 0.491 e. The Hall–Kier alpha value is -1.96. The predicted molar refractivity (Wildman–Crippen MR) is 96.2 cm³/mol. The van der Waals surface area contributed by atoms with E-state index in [9.17, 15) is 13.2 Å². The molecule has 0 aliphatic carbocycles. The van der Waals surface area contributed by atoms with E-state index in [1.807, 2.05) is 0 Å². The molecule has 0 unspecified atom stereocenters. The Kier molecular flexibility index (Phi) is 4.81. The summed E-state index contributed by atoms with van der Waals surface area (Å²) in [5, 5.41) is 0.294. The molecule has 0 radical (unpaired) electrons. The van der Waals surface area contributed by atoms with Crippen molar-refractivity contribution in [1.82, 2.24) is 4.90 Å². The van der Waals surface area contributed by atoms with Gasteiger partial charge in [-0.15, -0.1) is 0 Å². The fraction of sp³-hybridized carbons (Fsp3) is 0.188. The number of nitrogens with one attached hydrogen (secondary N) is 1. The van der Waals surface area contributed by atoms with Crippen molar-refractivity contribution in [3.8, 4) is 5.75 Å². The number of hydrogen-bond donors (Lipinski definition) is 1. The van der Waals surface area contributed by atoms with Crippen LogP contribution in [0.25, 0.3) is 0 Å². The van der Waals surface area contributed by atoms with Crippen LogP contribution in [0.4, 0.5) is 5.69 Å². The maximum atomic E-state index is 12.6. The number of benzene rings is 2. The third-order valence-corrected chi connectivity index (χ3v) is 5.77. The minimum atomic E-state index is -3.97. The lowest BCUT2D eigenvalue weighted by atomic mass is 10.1. The summed E-state index contributed by atoms with van der Waals surface area (Å²) in [6.07, 6.45) is 0. The molecule has 1 aliphatic rings. The van der Waals surface area contributed by atoms with E-state index in [4.69, 9.17) is 27.9 Å². The minimum absolute atomic E-state index is 0.0470. The van der Waals surface area contributed by atoms with Gasteiger partial charge in [0.05, 0.1) is 17.1 Å². The summed E-state index contributed by atoms with van der Waals surface area (Å²) in [4.78, 5) is 13.7. The lowest BCUT2D eigenvalue weighted by Crippen LogP contribution is -2.27. The average molecular weight is 401 g/mol. The summed E-state index contributed by atoms with van der Waals surface area (Å²) in [6.45, 7) is 0.825. The highest BCUT2D eigenvalue weighted by atomic mass is 35.5. The molecule has 0 aromatic heterocycles. The molecule has 2 aromatic carbocycles. The zero-order valence-corrected chi connectivity index (χ0v) is 15.5. The van der Waals surface area contributed by atoms with Crippen LogP contribution in [0.15, 0.2) is 41.3 Å². The normalized spacial score (nSPS) is 14.5. The quantitative estimate of drug-likeness (QED) is 0.857. The number of carbonyl (C=O) groups excluding carboxylic acids is 1. The van der Waals surface area contributed by atoms with E-state index < -0.39 is 10.0 Å². The number of nitrogens with zero attached hydrogens (tertiary/aromatic N) is 1. The van der Waals surface area contributed by atoms with Gasteiger partial charge >= 0.3 is 0 Å². The molecule has 0 saturated carbocycles. The number of likely N-dealkylation sites (N-methyl/N-ethyl adjacent to an activating group) is 1. The van der Waals surface area contributed by atoms with Crippen LogP contribution in [0.5, 0.6) is 5.75 Å². The van der Waals surface area contributed by atoms with Gasteiger partial charge in [-0.25, -0.2) is 8.42 Å². The molecule has 0 atom stereocenters. The molecule has 0 fully saturated rings. The van der Waals surface area contributed by atoms with Gasteiger partial charge in [0, 0.05) is 17.8 Å². The van der Waals surface area contributed by atoms with Crippen LogP contribution in [0.1, 0.15) is 10.4 Å². The number of rotatable bonds is 3. The first-order chi connectivity index (χ1) is 11.8. The lowest BCUT2D eigenvalue weighted by molar-refractivity contribution is 0.0797. The summed E-state index contributed by atoms with van der Waals surface area (Å²) in [6, 6.07) is 8.68. The first-order valence-electron chi connectivity index (χ1n) is 7.28. The average Bonchev–Trinajstić information content (AvgIpc) is 2.69. The summed E-state index contributed by atoms with van der Waals surface area (Å²) in [7, 11) is -2.31. The zero-order chi connectivity index (χ0) is 18.2. The molecular formula is C16H14Cl2N2O4S. The molecule has 1 N–H and O–H groups in total. The smallest absolute Gasteiger partial charge is 0.263 e. The van der Waals surface area contributed by atoms with Gasteiger partial charge in [0.1, 0.15) is 17.3 Å². The standard InChI is InChI=1S/C16H14Cl2N2O4S/c1-20-6-7-24-14-5-3-11(9-12(14)16(20)21)19-25(22,23)15-8-10(17)2-4-13(15)18/h2-5,8-9,19H,6-7H2,1H3. The topological polar surface area (TPSA) is 75.7 Å². The number of sulfonamides is 1. The summed E-state index contributed by atoms with van der Waals surface area (Å²) in [5.74, 6) is 0.174. The molecule has 1 amide bonds. The van der Waals surface area contributed by atoms with Gasteiger partial charge < -0.3 is 9.64 Å². The Morgan fingerprint density at radius 2 is 1.92 bits per heavy atom. The first kappa shape index (κ1) is 17.8. The van der Waals surface area contributed by atoms with Crippen molar-refractivity contribution < 1.29 is 17.9 Å². The van der Waals surface area contributed by atoms with Crippen molar-refractivity contribution in [2.45, 2.75) is 4.90 Å². The van der Waals surface area contributed by atoms with Crippen LogP contribution >= 0.6 is 23.2 Å². The van der Waals surface area contributed by atoms with Crippen molar-refractivity contribution in [3.63, 3.8) is 0 Å². The molecule has 132 valence electrons. The molecule has 0 bridgehead atoms. The van der Waals surface area contributed by atoms with Crippen LogP contribution in [-0.2, 0) is 10.0 Å². The Balaban J connectivity index is 1.97. The van der Waals surface area contributed by atoms with E-state index in [2.05, 4.69) is 4.72 Å². The molecule has 6 nitrogen and oxygen atoms in total. The minimum Gasteiger partial charge on any atom is -0.491 e. The number of anilines is 1. The Labute approximate surface area is 155 Å². The van der Waals surface area contributed by atoms with E-state index in [0.29, 0.717) is 18.9 Å². The van der Waals surface area contributed by atoms with E-state index in [1.54, 1.807) is 13.1 Å². The number of carbonyl (C=O) groups is 1. The second kappa shape index (κ2) is 6.74. The summed E-state index contributed by atoms with van der Waals surface area (Å²) in [5.41, 5.74) is 0.513. The number of halogens is 2. The highest BCUT2D eigenvalue weighted by Gasteiger charge is 2.23. The predicted octanol–water partition coefficient (Wildman–Crippen LogP) is 3.26. The summed E-state index contributed by atoms with van der Waals surface area (Å²) < 4.78 is 33.1. The molecule has 9 heteroatoms. The maximum absolute atomic E-state index is 12.6. The SMILES string of the molecule is CN1CCOc2ccc(NS(=O)(=O)c3cc(Cl)ccc3Cl)cc2C1=O. The highest BCUT2D eigenvalue weighted by molar-refractivity contribution is 7.92. The van der Waals surface area contributed by atoms with Crippen molar-refractivity contribution in [1.29, 1.82) is 0 Å². The van der Waals surface area contributed by atoms with Gasteiger partial charge in [-0.1, -0.05) is 23.2 Å². The molecule has 1 aliphatic heterocycles. The molecule has 0 spiro atoms. The van der Waals surface area contributed by atoms with Gasteiger partial charge in [-0.2, -0.15) is 0 Å². The molecular weight excluding hydrogens is 387 g/mol. The first-order valence-corrected chi connectivity index (χ1v) is 9.52. The highest BCUT2D eigenvalue weighted by Crippen LogP contribution is 2.30. The van der Waals surface area contributed by atoms with Crippen LogP contribution in [-0.4, -0.2) is 39.4 Å². The number of amides is 1. The second-order valence-corrected chi connectivity index (χ2v) is 7.96. The van der Waals surface area contributed by atoms with Crippen molar-refractivity contribution >= 4 is 44.8 Å². The van der Waals surface area contributed by atoms with Crippen molar-refractivity contribution in [2.75, 3.05) is 24.9 Å². The van der Waals surface area contributed by atoms with Crippen LogP contribution in [0, 0.1) is 0 Å². The Morgan fingerprint density at radius 3 is 2.68 bits per heavy atom. The molecule has 2 aromatic rings. The second-order valence-electron chi connectivity index (χ2n) is 5.47. The molecule has 3 rings (SSSR count). The fourth-order valence-electron chi connectivity index (χ4n) is 2.38. The van der Waals surface area contributed by atoms with E-state index in [0.717, 1.165) is 0 Å². The number of fused-ring (bicyclic) bond motifs is 1. The van der Waals surface area contributed by atoms with Crippen molar-refractivity contribution in [3.05, 3.63) is 52.0 Å². The van der Waals surface area contributed by atoms with E-state index in [1.165, 1.54) is 35.2 Å².